The SMILES string of the molecule is CCC(C(N)=O)c1c[nH]c2ccc(Br)cc12. The summed E-state index contributed by atoms with van der Waals surface area (Å²) in [5, 5.41) is 1.06. The summed E-state index contributed by atoms with van der Waals surface area (Å²) < 4.78 is 1.00. The van der Waals surface area contributed by atoms with Gasteiger partial charge in [0.1, 0.15) is 0 Å². The second kappa shape index (κ2) is 4.29. The number of nitrogens with two attached hydrogens (primary N) is 1. The quantitative estimate of drug-likeness (QED) is 0.892. The van der Waals surface area contributed by atoms with Gasteiger partial charge in [0.25, 0.3) is 0 Å². The average Bonchev–Trinajstić information content (AvgIpc) is 2.62. The molecule has 0 radical (unpaired) electrons. The summed E-state index contributed by atoms with van der Waals surface area (Å²) in [6, 6.07) is 5.96. The number of amides is 1. The molecular formula is C12H13BrN2O. The Morgan fingerprint density at radius 1 is 1.56 bits per heavy atom. The first kappa shape index (κ1) is 11.2. The first-order valence-electron chi connectivity index (χ1n) is 5.19. The number of aromatic amines is 1. The lowest BCUT2D eigenvalue weighted by atomic mass is 9.95. The predicted octanol–water partition coefficient (Wildman–Crippen LogP) is 2.91. The zero-order chi connectivity index (χ0) is 11.7. The highest BCUT2D eigenvalue weighted by atomic mass is 79.9. The van der Waals surface area contributed by atoms with E-state index in [1.165, 1.54) is 0 Å². The fourth-order valence-corrected chi connectivity index (χ4v) is 2.34. The molecule has 1 unspecified atom stereocenters. The number of hydrogen-bond acceptors (Lipinski definition) is 1. The number of nitrogens with one attached hydrogen (secondary N) is 1. The molecule has 4 heteroatoms. The Morgan fingerprint density at radius 2 is 2.31 bits per heavy atom. The Morgan fingerprint density at radius 3 is 2.94 bits per heavy atom. The smallest absolute Gasteiger partial charge is 0.225 e. The van der Waals surface area contributed by atoms with Gasteiger partial charge in [0, 0.05) is 21.6 Å². The topological polar surface area (TPSA) is 58.9 Å². The van der Waals surface area contributed by atoms with E-state index in [1.807, 2.05) is 31.3 Å². The van der Waals surface area contributed by atoms with Crippen LogP contribution < -0.4 is 5.73 Å². The van der Waals surface area contributed by atoms with Crippen LogP contribution in [0.4, 0.5) is 0 Å². The number of benzene rings is 1. The molecule has 0 saturated heterocycles. The van der Waals surface area contributed by atoms with Crippen molar-refractivity contribution in [1.82, 2.24) is 4.98 Å². The van der Waals surface area contributed by atoms with Gasteiger partial charge in [0.05, 0.1) is 5.92 Å². The molecular weight excluding hydrogens is 268 g/mol. The lowest BCUT2D eigenvalue weighted by Gasteiger charge is -2.09. The van der Waals surface area contributed by atoms with Crippen molar-refractivity contribution >= 4 is 32.7 Å². The van der Waals surface area contributed by atoms with Crippen molar-refractivity contribution in [3.63, 3.8) is 0 Å². The molecule has 16 heavy (non-hydrogen) atoms. The van der Waals surface area contributed by atoms with E-state index in [4.69, 9.17) is 5.73 Å². The van der Waals surface area contributed by atoms with Crippen molar-refractivity contribution in [2.45, 2.75) is 19.3 Å². The van der Waals surface area contributed by atoms with Crippen LogP contribution in [0.15, 0.2) is 28.9 Å². The summed E-state index contributed by atoms with van der Waals surface area (Å²) in [6.07, 6.45) is 2.59. The number of primary amides is 1. The number of H-pyrrole nitrogens is 1. The molecule has 0 aliphatic carbocycles. The van der Waals surface area contributed by atoms with Gasteiger partial charge in [0.15, 0.2) is 0 Å². The third-order valence-corrected chi connectivity index (χ3v) is 3.30. The summed E-state index contributed by atoms with van der Waals surface area (Å²) in [5.41, 5.74) is 7.41. The third-order valence-electron chi connectivity index (χ3n) is 2.80. The minimum absolute atomic E-state index is 0.219. The van der Waals surface area contributed by atoms with Gasteiger partial charge in [0.2, 0.25) is 5.91 Å². The van der Waals surface area contributed by atoms with Gasteiger partial charge in [-0.25, -0.2) is 0 Å². The van der Waals surface area contributed by atoms with E-state index >= 15 is 0 Å². The number of halogens is 1. The van der Waals surface area contributed by atoms with Crippen molar-refractivity contribution < 1.29 is 4.79 Å². The first-order chi connectivity index (χ1) is 7.63. The largest absolute Gasteiger partial charge is 0.369 e. The predicted molar refractivity (Wildman–Crippen MR) is 68.2 cm³/mol. The van der Waals surface area contributed by atoms with Gasteiger partial charge in [-0.2, -0.15) is 0 Å². The normalized spacial score (nSPS) is 12.9. The van der Waals surface area contributed by atoms with Gasteiger partial charge in [-0.15, -0.1) is 0 Å². The van der Waals surface area contributed by atoms with Crippen LogP contribution in [-0.4, -0.2) is 10.9 Å². The van der Waals surface area contributed by atoms with E-state index in [0.29, 0.717) is 0 Å². The molecule has 3 N–H and O–H groups in total. The van der Waals surface area contributed by atoms with Crippen LogP contribution in [0.3, 0.4) is 0 Å². The number of rotatable bonds is 3. The van der Waals surface area contributed by atoms with Gasteiger partial charge in [-0.3, -0.25) is 4.79 Å². The maximum absolute atomic E-state index is 11.4. The fraction of sp³-hybridized carbons (Fsp3) is 0.250. The Labute approximate surface area is 102 Å². The van der Waals surface area contributed by atoms with Crippen molar-refractivity contribution in [2.24, 2.45) is 5.73 Å². The van der Waals surface area contributed by atoms with Crippen molar-refractivity contribution in [3.8, 4) is 0 Å². The molecule has 1 heterocycles. The van der Waals surface area contributed by atoms with Crippen molar-refractivity contribution in [3.05, 3.63) is 34.4 Å². The monoisotopic (exact) mass is 280 g/mol. The zero-order valence-corrected chi connectivity index (χ0v) is 10.5. The van der Waals surface area contributed by atoms with Crippen LogP contribution >= 0.6 is 15.9 Å². The number of hydrogen-bond donors (Lipinski definition) is 2. The minimum Gasteiger partial charge on any atom is -0.369 e. The lowest BCUT2D eigenvalue weighted by Crippen LogP contribution is -2.20. The van der Waals surface area contributed by atoms with Gasteiger partial charge in [-0.1, -0.05) is 22.9 Å². The summed E-state index contributed by atoms with van der Waals surface area (Å²) in [4.78, 5) is 14.5. The number of carbonyl (C=O) groups is 1. The molecule has 0 saturated carbocycles. The van der Waals surface area contributed by atoms with E-state index in [-0.39, 0.29) is 11.8 Å². The summed E-state index contributed by atoms with van der Waals surface area (Å²) in [5.74, 6) is -0.494. The lowest BCUT2D eigenvalue weighted by molar-refractivity contribution is -0.119. The van der Waals surface area contributed by atoms with Crippen LogP contribution in [0.1, 0.15) is 24.8 Å². The van der Waals surface area contributed by atoms with E-state index < -0.39 is 0 Å². The molecule has 84 valence electrons. The van der Waals surface area contributed by atoms with Crippen LogP contribution in [-0.2, 0) is 4.79 Å². The minimum atomic E-state index is -0.275. The Bertz CT molecular complexity index is 533. The average molecular weight is 281 g/mol. The molecule has 1 amide bonds. The highest BCUT2D eigenvalue weighted by molar-refractivity contribution is 9.10. The van der Waals surface area contributed by atoms with Crippen molar-refractivity contribution in [1.29, 1.82) is 0 Å². The summed E-state index contributed by atoms with van der Waals surface area (Å²) in [7, 11) is 0. The molecule has 1 atom stereocenters. The highest BCUT2D eigenvalue weighted by Gasteiger charge is 2.19. The summed E-state index contributed by atoms with van der Waals surface area (Å²) in [6.45, 7) is 1.96. The van der Waals surface area contributed by atoms with Crippen LogP contribution in [0.5, 0.6) is 0 Å². The summed E-state index contributed by atoms with van der Waals surface area (Å²) >= 11 is 3.43. The molecule has 0 aliphatic rings. The van der Waals surface area contributed by atoms with E-state index in [2.05, 4.69) is 20.9 Å². The Hall–Kier alpha value is -1.29. The Balaban J connectivity index is 2.59. The fourth-order valence-electron chi connectivity index (χ4n) is 1.98. The number of carbonyl (C=O) groups excluding carboxylic acids is 1. The third kappa shape index (κ3) is 1.85. The second-order valence-corrected chi connectivity index (χ2v) is 4.71. The van der Waals surface area contributed by atoms with Crippen LogP contribution in [0.2, 0.25) is 0 Å². The van der Waals surface area contributed by atoms with Gasteiger partial charge in [-0.05, 0) is 30.2 Å². The van der Waals surface area contributed by atoms with Crippen LogP contribution in [0, 0.1) is 0 Å². The maximum Gasteiger partial charge on any atom is 0.225 e. The maximum atomic E-state index is 11.4. The molecule has 1 aromatic heterocycles. The molecule has 3 nitrogen and oxygen atoms in total. The van der Waals surface area contributed by atoms with Gasteiger partial charge < -0.3 is 10.7 Å². The number of fused-ring (bicyclic) bond motifs is 1. The number of aromatic nitrogens is 1. The zero-order valence-electron chi connectivity index (χ0n) is 8.96. The molecule has 0 fully saturated rings. The van der Waals surface area contributed by atoms with E-state index in [9.17, 15) is 4.79 Å². The first-order valence-corrected chi connectivity index (χ1v) is 5.98. The second-order valence-electron chi connectivity index (χ2n) is 3.80. The molecule has 0 aliphatic heterocycles. The van der Waals surface area contributed by atoms with Crippen LogP contribution in [0.25, 0.3) is 10.9 Å². The van der Waals surface area contributed by atoms with Crippen molar-refractivity contribution in [2.75, 3.05) is 0 Å². The highest BCUT2D eigenvalue weighted by Crippen LogP contribution is 2.29. The molecule has 0 spiro atoms. The molecule has 2 aromatic rings. The Kier molecular flexibility index (Phi) is 3.01. The van der Waals surface area contributed by atoms with E-state index in [0.717, 1.165) is 27.4 Å². The molecule has 1 aromatic carbocycles. The van der Waals surface area contributed by atoms with Gasteiger partial charge >= 0.3 is 0 Å². The standard InChI is InChI=1S/C12H13BrN2O/c1-2-8(12(14)16)10-6-15-11-4-3-7(13)5-9(10)11/h3-6,8,15H,2H2,1H3,(H2,14,16). The molecule has 2 rings (SSSR count). The van der Waals surface area contributed by atoms with E-state index in [1.54, 1.807) is 0 Å². The molecule has 0 bridgehead atoms.